The number of rotatable bonds is 4. The van der Waals surface area contributed by atoms with Gasteiger partial charge in [0.2, 0.25) is 0 Å². The van der Waals surface area contributed by atoms with Crippen molar-refractivity contribution in [2.75, 3.05) is 0 Å². The van der Waals surface area contributed by atoms with Crippen LogP contribution in [0.1, 0.15) is 5.56 Å². The molecular formula is C50H29N5. The molecule has 0 aliphatic carbocycles. The molecule has 5 heteroatoms. The molecule has 11 aromatic rings. The third-order valence-corrected chi connectivity index (χ3v) is 11.1. The average molecular weight is 700 g/mol. The van der Waals surface area contributed by atoms with Crippen LogP contribution in [-0.2, 0) is 0 Å². The average Bonchev–Trinajstić information content (AvgIpc) is 3.89. The van der Waals surface area contributed by atoms with Crippen molar-refractivity contribution in [2.45, 2.75) is 0 Å². The maximum Gasteiger partial charge on any atom is 0.197 e. The van der Waals surface area contributed by atoms with Gasteiger partial charge in [-0.05, 0) is 66.0 Å². The van der Waals surface area contributed by atoms with Crippen LogP contribution in [0.5, 0.6) is 0 Å². The SMILES string of the molecule is [C-]#[N+]c1cccc2c1c1ccccc1n2-c1ccc(-c2ccccc2-n2c3ccccc3c3c(-n4c5ccccc5c5ccccc54)cccc32)c(C#N)c1. The van der Waals surface area contributed by atoms with Crippen molar-refractivity contribution < 1.29 is 0 Å². The number of fused-ring (bicyclic) bond motifs is 9. The molecule has 0 fully saturated rings. The zero-order valence-corrected chi connectivity index (χ0v) is 29.5. The largest absolute Gasteiger partial charge is 0.311 e. The van der Waals surface area contributed by atoms with Crippen molar-refractivity contribution in [2.24, 2.45) is 0 Å². The van der Waals surface area contributed by atoms with Crippen molar-refractivity contribution in [3.05, 3.63) is 193 Å². The molecule has 0 unspecified atom stereocenters. The highest BCUT2D eigenvalue weighted by molar-refractivity contribution is 6.17. The van der Waals surface area contributed by atoms with Gasteiger partial charge >= 0.3 is 0 Å². The van der Waals surface area contributed by atoms with Crippen LogP contribution in [0.3, 0.4) is 0 Å². The fourth-order valence-corrected chi connectivity index (χ4v) is 8.90. The Labute approximate surface area is 316 Å². The lowest BCUT2D eigenvalue weighted by molar-refractivity contribution is 1.16. The molecule has 3 aromatic heterocycles. The lowest BCUT2D eigenvalue weighted by Crippen LogP contribution is -2.00. The molecule has 254 valence electrons. The van der Waals surface area contributed by atoms with E-state index in [2.05, 4.69) is 164 Å². The lowest BCUT2D eigenvalue weighted by Gasteiger charge is -2.16. The number of nitrogens with zero attached hydrogens (tertiary/aromatic N) is 5. The third kappa shape index (κ3) is 4.33. The summed E-state index contributed by atoms with van der Waals surface area (Å²) in [6.45, 7) is 7.86. The van der Waals surface area contributed by atoms with Gasteiger partial charge in [0.25, 0.3) is 0 Å². The molecular weight excluding hydrogens is 671 g/mol. The maximum absolute atomic E-state index is 10.8. The van der Waals surface area contributed by atoms with Crippen LogP contribution in [0.4, 0.5) is 5.69 Å². The Balaban J connectivity index is 1.15. The number of hydrogen-bond donors (Lipinski definition) is 0. The summed E-state index contributed by atoms with van der Waals surface area (Å²) in [4.78, 5) is 3.85. The van der Waals surface area contributed by atoms with E-state index in [0.29, 0.717) is 11.3 Å². The van der Waals surface area contributed by atoms with Crippen molar-refractivity contribution in [1.29, 1.82) is 5.26 Å². The summed E-state index contributed by atoms with van der Waals surface area (Å²) in [5.74, 6) is 0. The van der Waals surface area contributed by atoms with Gasteiger partial charge in [0, 0.05) is 49.3 Å². The van der Waals surface area contributed by atoms with E-state index in [1.54, 1.807) is 0 Å². The molecule has 0 aliphatic rings. The van der Waals surface area contributed by atoms with E-state index in [1.807, 2.05) is 36.4 Å². The number of benzene rings is 8. The Morgan fingerprint density at radius 3 is 1.58 bits per heavy atom. The second-order valence-electron chi connectivity index (χ2n) is 13.9. The van der Waals surface area contributed by atoms with Crippen molar-refractivity contribution in [3.63, 3.8) is 0 Å². The van der Waals surface area contributed by atoms with E-state index in [9.17, 15) is 5.26 Å². The zero-order chi connectivity index (χ0) is 36.6. The first-order valence-corrected chi connectivity index (χ1v) is 18.3. The second kappa shape index (κ2) is 11.8. The summed E-state index contributed by atoms with van der Waals surface area (Å²) < 4.78 is 6.92. The molecule has 0 atom stereocenters. The summed E-state index contributed by atoms with van der Waals surface area (Å²) in [5.41, 5.74) is 12.5. The van der Waals surface area contributed by atoms with Crippen molar-refractivity contribution in [3.8, 4) is 34.3 Å². The fraction of sp³-hybridized carbons (Fsp3) is 0. The van der Waals surface area contributed by atoms with Gasteiger partial charge in [0.05, 0.1) is 57.2 Å². The van der Waals surface area contributed by atoms with E-state index >= 15 is 0 Å². The minimum absolute atomic E-state index is 0.573. The third-order valence-electron chi connectivity index (χ3n) is 11.1. The van der Waals surface area contributed by atoms with E-state index < -0.39 is 0 Å². The van der Waals surface area contributed by atoms with Crippen LogP contribution in [0, 0.1) is 17.9 Å². The topological polar surface area (TPSA) is 42.9 Å². The predicted octanol–water partition coefficient (Wildman–Crippen LogP) is 13.1. The first-order chi connectivity index (χ1) is 27.2. The maximum atomic E-state index is 10.8. The second-order valence-corrected chi connectivity index (χ2v) is 13.9. The van der Waals surface area contributed by atoms with Crippen LogP contribution < -0.4 is 0 Å². The van der Waals surface area contributed by atoms with E-state index in [0.717, 1.165) is 66.4 Å². The van der Waals surface area contributed by atoms with Gasteiger partial charge in [-0.3, -0.25) is 0 Å². The summed E-state index contributed by atoms with van der Waals surface area (Å²) in [5, 5.41) is 17.5. The highest BCUT2D eigenvalue weighted by Crippen LogP contribution is 2.43. The first-order valence-electron chi connectivity index (χ1n) is 18.3. The molecule has 3 heterocycles. The predicted molar refractivity (Wildman–Crippen MR) is 226 cm³/mol. The molecule has 0 N–H and O–H groups in total. The molecule has 0 spiro atoms. The Morgan fingerprint density at radius 1 is 0.418 bits per heavy atom. The standard InChI is InChI=1S/C50H29N5/c1-52-40-19-12-25-46-49(40)38-17-5-10-23-44(38)53(46)33-28-29-34(32(30-33)31-51)35-14-2-7-20-41(35)55-45-24-11-6-18-39(45)50-47(26-13-27-48(50)55)54-42-21-8-3-15-36(42)37-16-4-9-22-43(37)54/h2-30H. The Morgan fingerprint density at radius 2 is 0.909 bits per heavy atom. The molecule has 0 aliphatic heterocycles. The highest BCUT2D eigenvalue weighted by Gasteiger charge is 2.22. The van der Waals surface area contributed by atoms with Gasteiger partial charge in [-0.15, -0.1) is 0 Å². The molecule has 5 nitrogen and oxygen atoms in total. The first kappa shape index (κ1) is 30.7. The summed E-state index contributed by atoms with van der Waals surface area (Å²) >= 11 is 0. The molecule has 8 aromatic carbocycles. The van der Waals surface area contributed by atoms with Crippen LogP contribution in [0.15, 0.2) is 176 Å². The van der Waals surface area contributed by atoms with Gasteiger partial charge in [-0.25, -0.2) is 4.85 Å². The van der Waals surface area contributed by atoms with Crippen LogP contribution in [0.25, 0.3) is 98.5 Å². The van der Waals surface area contributed by atoms with E-state index in [1.165, 1.54) is 27.2 Å². The zero-order valence-electron chi connectivity index (χ0n) is 29.5. The Bertz CT molecular complexity index is 3420. The summed E-state index contributed by atoms with van der Waals surface area (Å²) in [6, 6.07) is 63.6. The highest BCUT2D eigenvalue weighted by atomic mass is 15.0. The molecule has 55 heavy (non-hydrogen) atoms. The summed E-state index contributed by atoms with van der Waals surface area (Å²) in [6.07, 6.45) is 0. The Kier molecular flexibility index (Phi) is 6.61. The van der Waals surface area contributed by atoms with Gasteiger partial charge in [0.15, 0.2) is 5.69 Å². The number of para-hydroxylation sites is 5. The molecule has 0 amide bonds. The molecule has 11 rings (SSSR count). The van der Waals surface area contributed by atoms with Gasteiger partial charge in [-0.1, -0.05) is 115 Å². The molecule has 0 radical (unpaired) electrons. The van der Waals surface area contributed by atoms with Crippen LogP contribution in [0.2, 0.25) is 0 Å². The van der Waals surface area contributed by atoms with Gasteiger partial charge < -0.3 is 13.7 Å². The van der Waals surface area contributed by atoms with Gasteiger partial charge in [0.1, 0.15) is 0 Å². The molecule has 0 saturated heterocycles. The number of hydrogen-bond acceptors (Lipinski definition) is 1. The van der Waals surface area contributed by atoms with Crippen molar-refractivity contribution >= 4 is 71.1 Å². The number of aromatic nitrogens is 3. The molecule has 0 bridgehead atoms. The fourth-order valence-electron chi connectivity index (χ4n) is 8.90. The lowest BCUT2D eigenvalue weighted by atomic mass is 9.97. The van der Waals surface area contributed by atoms with E-state index in [-0.39, 0.29) is 0 Å². The van der Waals surface area contributed by atoms with Crippen molar-refractivity contribution in [1.82, 2.24) is 13.7 Å². The van der Waals surface area contributed by atoms with Gasteiger partial charge in [-0.2, -0.15) is 5.26 Å². The van der Waals surface area contributed by atoms with E-state index in [4.69, 9.17) is 6.57 Å². The minimum Gasteiger partial charge on any atom is -0.311 e. The quantitative estimate of drug-likeness (QED) is 0.169. The number of nitriles is 1. The van der Waals surface area contributed by atoms with Crippen LogP contribution >= 0.6 is 0 Å². The smallest absolute Gasteiger partial charge is 0.197 e. The normalized spacial score (nSPS) is 11.6. The van der Waals surface area contributed by atoms with Crippen LogP contribution in [-0.4, -0.2) is 13.7 Å². The minimum atomic E-state index is 0.573. The Hall–Kier alpha value is -7.86. The summed E-state index contributed by atoms with van der Waals surface area (Å²) in [7, 11) is 0. The molecule has 0 saturated carbocycles. The monoisotopic (exact) mass is 699 g/mol.